The van der Waals surface area contributed by atoms with Crippen LogP contribution in [0.3, 0.4) is 0 Å². The number of para-hydroxylation sites is 1. The predicted octanol–water partition coefficient (Wildman–Crippen LogP) is 6.43. The summed E-state index contributed by atoms with van der Waals surface area (Å²) in [4.78, 5) is 3.57. The van der Waals surface area contributed by atoms with Crippen LogP contribution in [-0.4, -0.2) is 4.98 Å². The molecule has 1 heterocycles. The summed E-state index contributed by atoms with van der Waals surface area (Å²) in [5.41, 5.74) is 6.73. The highest BCUT2D eigenvalue weighted by molar-refractivity contribution is 5.86. The fourth-order valence-electron chi connectivity index (χ4n) is 2.88. The molecule has 0 saturated carbocycles. The van der Waals surface area contributed by atoms with Crippen LogP contribution in [0.2, 0.25) is 0 Å². The average Bonchev–Trinajstić information content (AvgIpc) is 2.89. The van der Waals surface area contributed by atoms with Crippen molar-refractivity contribution < 1.29 is 0 Å². The Morgan fingerprint density at radius 1 is 0.696 bits per heavy atom. The zero-order chi connectivity index (χ0) is 16.8. The average molecular weight is 305 g/mol. The first-order valence-electron chi connectivity index (χ1n) is 8.39. The van der Waals surface area contributed by atoms with Crippen LogP contribution in [0.4, 0.5) is 0 Å². The van der Waals surface area contributed by atoms with Gasteiger partial charge in [0, 0.05) is 16.6 Å². The third-order valence-corrected chi connectivity index (χ3v) is 4.51. The van der Waals surface area contributed by atoms with E-state index < -0.39 is 0 Å². The summed E-state index contributed by atoms with van der Waals surface area (Å²) >= 11 is 0. The Morgan fingerprint density at radius 3 is 1.78 bits per heavy atom. The highest BCUT2D eigenvalue weighted by Crippen LogP contribution is 2.34. The van der Waals surface area contributed by atoms with E-state index in [0.29, 0.717) is 0 Å². The number of hydrogen-bond donors (Lipinski definition) is 1. The normalized spacial score (nSPS) is 12.8. The topological polar surface area (TPSA) is 15.8 Å². The molecule has 0 atom stereocenters. The van der Waals surface area contributed by atoms with Crippen molar-refractivity contribution in [3.63, 3.8) is 0 Å². The minimum absolute atomic E-state index is 0.141. The van der Waals surface area contributed by atoms with Gasteiger partial charge in [0.15, 0.2) is 0 Å². The van der Waals surface area contributed by atoms with E-state index in [0.717, 1.165) is 0 Å². The van der Waals surface area contributed by atoms with Gasteiger partial charge in [0.1, 0.15) is 0 Å². The zero-order valence-electron chi connectivity index (χ0n) is 15.1. The second-order valence-electron chi connectivity index (χ2n) is 8.57. The van der Waals surface area contributed by atoms with Gasteiger partial charge in [-0.1, -0.05) is 65.8 Å². The molecule has 0 amide bonds. The zero-order valence-corrected chi connectivity index (χ0v) is 15.1. The molecule has 120 valence electrons. The smallest absolute Gasteiger partial charge is 0.0464 e. The van der Waals surface area contributed by atoms with E-state index in [-0.39, 0.29) is 10.8 Å². The summed E-state index contributed by atoms with van der Waals surface area (Å²) in [5.74, 6) is 0. The highest BCUT2D eigenvalue weighted by Gasteiger charge is 2.21. The minimum Gasteiger partial charge on any atom is -0.355 e. The lowest BCUT2D eigenvalue weighted by atomic mass is 9.79. The predicted molar refractivity (Wildman–Crippen MR) is 101 cm³/mol. The van der Waals surface area contributed by atoms with E-state index in [2.05, 4.69) is 95.1 Å². The van der Waals surface area contributed by atoms with Gasteiger partial charge in [0.25, 0.3) is 0 Å². The van der Waals surface area contributed by atoms with E-state index in [1.165, 1.54) is 33.3 Å². The monoisotopic (exact) mass is 305 g/mol. The van der Waals surface area contributed by atoms with Crippen molar-refractivity contribution in [3.05, 3.63) is 59.7 Å². The molecule has 1 heteroatoms. The fourth-order valence-corrected chi connectivity index (χ4v) is 2.88. The summed E-state index contributed by atoms with van der Waals surface area (Å²) in [6.07, 6.45) is 0. The summed E-state index contributed by atoms with van der Waals surface area (Å²) in [5, 5.41) is 1.26. The second-order valence-corrected chi connectivity index (χ2v) is 8.57. The van der Waals surface area contributed by atoms with Gasteiger partial charge in [-0.2, -0.15) is 0 Å². The van der Waals surface area contributed by atoms with Gasteiger partial charge in [-0.25, -0.2) is 0 Å². The summed E-state index contributed by atoms with van der Waals surface area (Å²) in [6.45, 7) is 13.7. The molecule has 2 aromatic carbocycles. The van der Waals surface area contributed by atoms with Crippen LogP contribution >= 0.6 is 0 Å². The molecule has 0 aliphatic heterocycles. The van der Waals surface area contributed by atoms with Crippen LogP contribution < -0.4 is 0 Å². The number of fused-ring (bicyclic) bond motifs is 1. The molecule has 0 radical (unpaired) electrons. The molecule has 3 aromatic rings. The molecule has 0 fully saturated rings. The van der Waals surface area contributed by atoms with Crippen LogP contribution in [-0.2, 0) is 10.8 Å². The number of rotatable bonds is 1. The molecule has 1 aromatic heterocycles. The van der Waals surface area contributed by atoms with Crippen molar-refractivity contribution >= 4 is 10.9 Å². The van der Waals surface area contributed by atoms with Crippen molar-refractivity contribution in [2.75, 3.05) is 0 Å². The first kappa shape index (κ1) is 15.9. The first-order chi connectivity index (χ1) is 10.6. The lowest BCUT2D eigenvalue weighted by molar-refractivity contribution is 0.569. The molecule has 0 saturated heterocycles. The number of H-pyrrole nitrogens is 1. The molecule has 1 nitrogen and oxygen atoms in total. The van der Waals surface area contributed by atoms with Gasteiger partial charge in [0.05, 0.1) is 0 Å². The minimum atomic E-state index is 0.141. The Labute approximate surface area is 139 Å². The lowest BCUT2D eigenvalue weighted by Crippen LogP contribution is -2.16. The summed E-state index contributed by atoms with van der Waals surface area (Å²) in [7, 11) is 0. The molecule has 0 unspecified atom stereocenters. The molecule has 0 aliphatic rings. The van der Waals surface area contributed by atoms with Crippen molar-refractivity contribution in [1.29, 1.82) is 0 Å². The van der Waals surface area contributed by atoms with Crippen molar-refractivity contribution in [3.8, 4) is 11.3 Å². The molecule has 23 heavy (non-hydrogen) atoms. The molecular weight excluding hydrogens is 278 g/mol. The van der Waals surface area contributed by atoms with Gasteiger partial charge >= 0.3 is 0 Å². The van der Waals surface area contributed by atoms with E-state index in [4.69, 9.17) is 0 Å². The van der Waals surface area contributed by atoms with Gasteiger partial charge in [-0.15, -0.1) is 0 Å². The van der Waals surface area contributed by atoms with E-state index in [9.17, 15) is 0 Å². The second kappa shape index (κ2) is 5.26. The third-order valence-electron chi connectivity index (χ3n) is 4.51. The van der Waals surface area contributed by atoms with Crippen LogP contribution in [0.5, 0.6) is 0 Å². The number of aromatic nitrogens is 1. The molecule has 0 bridgehead atoms. The fraction of sp³-hybridized carbons (Fsp3) is 0.364. The Bertz CT molecular complexity index is 773. The van der Waals surface area contributed by atoms with Gasteiger partial charge in [0.2, 0.25) is 0 Å². The SMILES string of the molecule is CC(C)(C)c1cc(-c2cc3ccccc3[nH]2)cc(C(C)(C)C)c1. The molecule has 0 spiro atoms. The summed E-state index contributed by atoms with van der Waals surface area (Å²) < 4.78 is 0. The number of benzene rings is 2. The van der Waals surface area contributed by atoms with Crippen molar-refractivity contribution in [2.24, 2.45) is 0 Å². The maximum atomic E-state index is 3.57. The Kier molecular flexibility index (Phi) is 3.63. The number of hydrogen-bond acceptors (Lipinski definition) is 0. The van der Waals surface area contributed by atoms with Gasteiger partial charge < -0.3 is 4.98 Å². The number of nitrogens with one attached hydrogen (secondary N) is 1. The lowest BCUT2D eigenvalue weighted by Gasteiger charge is -2.26. The van der Waals surface area contributed by atoms with Gasteiger partial charge in [-0.05, 0) is 51.8 Å². The quantitative estimate of drug-likeness (QED) is 0.533. The maximum absolute atomic E-state index is 3.57. The molecule has 3 rings (SSSR count). The van der Waals surface area contributed by atoms with E-state index in [1.54, 1.807) is 0 Å². The Morgan fingerprint density at radius 2 is 1.26 bits per heavy atom. The maximum Gasteiger partial charge on any atom is 0.0464 e. The van der Waals surface area contributed by atoms with Crippen LogP contribution in [0.25, 0.3) is 22.2 Å². The third kappa shape index (κ3) is 3.19. The molecular formula is C22H27N. The highest BCUT2D eigenvalue weighted by atomic mass is 14.7. The van der Waals surface area contributed by atoms with Crippen LogP contribution in [0.1, 0.15) is 52.7 Å². The van der Waals surface area contributed by atoms with Crippen LogP contribution in [0, 0.1) is 0 Å². The first-order valence-corrected chi connectivity index (χ1v) is 8.39. The van der Waals surface area contributed by atoms with E-state index in [1.807, 2.05) is 0 Å². The van der Waals surface area contributed by atoms with Gasteiger partial charge in [-0.3, -0.25) is 0 Å². The number of aromatic amines is 1. The Balaban J connectivity index is 2.21. The summed E-state index contributed by atoms with van der Waals surface area (Å²) in [6, 6.07) is 17.8. The standard InChI is InChI=1S/C22H27N/c1-21(2,3)17-11-16(12-18(14-17)22(4,5)6)20-13-15-9-7-8-10-19(15)23-20/h7-14,23H,1-6H3. The molecule has 0 aliphatic carbocycles. The Hall–Kier alpha value is -2.02. The van der Waals surface area contributed by atoms with Crippen molar-refractivity contribution in [2.45, 2.75) is 52.4 Å². The van der Waals surface area contributed by atoms with Crippen molar-refractivity contribution in [1.82, 2.24) is 4.98 Å². The van der Waals surface area contributed by atoms with E-state index >= 15 is 0 Å². The molecule has 1 N–H and O–H groups in total. The van der Waals surface area contributed by atoms with Crippen LogP contribution in [0.15, 0.2) is 48.5 Å². The largest absolute Gasteiger partial charge is 0.355 e.